The van der Waals surface area contributed by atoms with Crippen molar-refractivity contribution in [3.8, 4) is 0 Å². The molecule has 0 saturated carbocycles. The Morgan fingerprint density at radius 2 is 2.00 bits per heavy atom. The lowest BCUT2D eigenvalue weighted by atomic mass is 10.2. The van der Waals surface area contributed by atoms with Crippen LogP contribution in [-0.4, -0.2) is 28.3 Å². The number of carbonyl (C=O) groups excluding carboxylic acids is 1. The standard InChI is InChI=1S/C13H18O3S/c1-11(10-13(14)16-2)17(15)9-8-12-6-4-3-5-7-12/h3-7,11H,8-10H2,1-2H3. The predicted molar refractivity (Wildman–Crippen MR) is 69.3 cm³/mol. The van der Waals surface area contributed by atoms with Gasteiger partial charge in [0.2, 0.25) is 0 Å². The van der Waals surface area contributed by atoms with Crippen molar-refractivity contribution in [3.05, 3.63) is 35.9 Å². The molecule has 1 rings (SSSR count). The topological polar surface area (TPSA) is 43.4 Å². The molecule has 17 heavy (non-hydrogen) atoms. The Balaban J connectivity index is 2.37. The quantitative estimate of drug-likeness (QED) is 0.729. The highest BCUT2D eigenvalue weighted by Crippen LogP contribution is 2.07. The maximum Gasteiger partial charge on any atom is 0.306 e. The lowest BCUT2D eigenvalue weighted by Gasteiger charge is -2.09. The summed E-state index contributed by atoms with van der Waals surface area (Å²) in [5.74, 6) is 0.285. The lowest BCUT2D eigenvalue weighted by molar-refractivity contribution is -0.140. The summed E-state index contributed by atoms with van der Waals surface area (Å²) >= 11 is 0. The predicted octanol–water partition coefficient (Wildman–Crippen LogP) is 1.93. The molecule has 0 amide bonds. The Labute approximate surface area is 105 Å². The summed E-state index contributed by atoms with van der Waals surface area (Å²) in [4.78, 5) is 11.0. The number of esters is 1. The van der Waals surface area contributed by atoms with E-state index in [1.54, 1.807) is 0 Å². The second-order valence-corrected chi connectivity index (χ2v) is 5.89. The molecule has 3 nitrogen and oxygen atoms in total. The molecule has 2 atom stereocenters. The molecule has 0 fully saturated rings. The summed E-state index contributed by atoms with van der Waals surface area (Å²) in [6.45, 7) is 1.82. The Bertz CT molecular complexity index is 376. The molecule has 0 saturated heterocycles. The average molecular weight is 254 g/mol. The molecule has 94 valence electrons. The summed E-state index contributed by atoms with van der Waals surface area (Å²) in [6, 6.07) is 9.93. The van der Waals surface area contributed by atoms with Gasteiger partial charge in [0.05, 0.1) is 13.5 Å². The molecule has 0 bridgehead atoms. The first-order valence-electron chi connectivity index (χ1n) is 5.61. The van der Waals surface area contributed by atoms with E-state index in [1.165, 1.54) is 12.7 Å². The molecular weight excluding hydrogens is 236 g/mol. The van der Waals surface area contributed by atoms with Crippen molar-refractivity contribution in [2.45, 2.75) is 25.0 Å². The van der Waals surface area contributed by atoms with E-state index in [-0.39, 0.29) is 17.6 Å². The third-order valence-electron chi connectivity index (χ3n) is 2.57. The number of carbonyl (C=O) groups is 1. The number of methoxy groups -OCH3 is 1. The first kappa shape index (κ1) is 13.9. The minimum atomic E-state index is -0.988. The van der Waals surface area contributed by atoms with Crippen molar-refractivity contribution in [2.24, 2.45) is 0 Å². The van der Waals surface area contributed by atoms with Crippen LogP contribution in [0.1, 0.15) is 18.9 Å². The molecule has 0 radical (unpaired) electrons. The normalized spacial score (nSPS) is 14.0. The largest absolute Gasteiger partial charge is 0.469 e. The molecule has 0 aliphatic rings. The Hall–Kier alpha value is -1.16. The van der Waals surface area contributed by atoms with E-state index in [0.717, 1.165) is 6.42 Å². The van der Waals surface area contributed by atoms with Gasteiger partial charge < -0.3 is 4.74 Å². The van der Waals surface area contributed by atoms with E-state index in [2.05, 4.69) is 4.74 Å². The third kappa shape index (κ3) is 5.13. The molecule has 1 aromatic carbocycles. The molecule has 4 heteroatoms. The van der Waals surface area contributed by atoms with Crippen molar-refractivity contribution in [3.63, 3.8) is 0 Å². The number of hydrogen-bond acceptors (Lipinski definition) is 3. The second-order valence-electron chi connectivity index (χ2n) is 3.91. The molecule has 0 spiro atoms. The zero-order valence-corrected chi connectivity index (χ0v) is 11.0. The molecule has 0 aliphatic carbocycles. The van der Waals surface area contributed by atoms with Gasteiger partial charge >= 0.3 is 5.97 Å². The summed E-state index contributed by atoms with van der Waals surface area (Å²) in [5, 5.41) is -0.147. The number of rotatable bonds is 6. The van der Waals surface area contributed by atoms with E-state index < -0.39 is 10.8 Å². The van der Waals surface area contributed by atoms with Crippen LogP contribution in [0.5, 0.6) is 0 Å². The molecule has 0 aliphatic heterocycles. The maximum atomic E-state index is 11.9. The van der Waals surface area contributed by atoms with Gasteiger partial charge in [0.1, 0.15) is 0 Å². The number of benzene rings is 1. The fourth-order valence-corrected chi connectivity index (χ4v) is 2.64. The van der Waals surface area contributed by atoms with Gasteiger partial charge in [0.25, 0.3) is 0 Å². The van der Waals surface area contributed by atoms with Crippen molar-refractivity contribution in [2.75, 3.05) is 12.9 Å². The van der Waals surface area contributed by atoms with Crippen molar-refractivity contribution >= 4 is 16.8 Å². The van der Waals surface area contributed by atoms with Crippen LogP contribution in [0.15, 0.2) is 30.3 Å². The van der Waals surface area contributed by atoms with E-state index in [9.17, 15) is 9.00 Å². The van der Waals surface area contributed by atoms with Crippen LogP contribution in [0, 0.1) is 0 Å². The molecule has 0 N–H and O–H groups in total. The zero-order valence-electron chi connectivity index (χ0n) is 10.2. The summed E-state index contributed by atoms with van der Waals surface area (Å²) in [5.41, 5.74) is 1.17. The van der Waals surface area contributed by atoms with E-state index in [1.807, 2.05) is 37.3 Å². The Kier molecular flexibility index (Phi) is 5.91. The van der Waals surface area contributed by atoms with Crippen LogP contribution >= 0.6 is 0 Å². The molecular formula is C13H18O3S. The average Bonchev–Trinajstić information content (AvgIpc) is 2.36. The van der Waals surface area contributed by atoms with Crippen LogP contribution in [0.3, 0.4) is 0 Å². The number of aryl methyl sites for hydroxylation is 1. The van der Waals surface area contributed by atoms with Crippen LogP contribution in [0.2, 0.25) is 0 Å². The van der Waals surface area contributed by atoms with Gasteiger partial charge in [0.15, 0.2) is 0 Å². The van der Waals surface area contributed by atoms with Gasteiger partial charge in [-0.2, -0.15) is 0 Å². The monoisotopic (exact) mass is 254 g/mol. The van der Waals surface area contributed by atoms with Crippen molar-refractivity contribution < 1.29 is 13.7 Å². The molecule has 0 aromatic heterocycles. The minimum Gasteiger partial charge on any atom is -0.469 e. The number of hydrogen-bond donors (Lipinski definition) is 0. The maximum absolute atomic E-state index is 11.9. The van der Waals surface area contributed by atoms with Gasteiger partial charge in [-0.25, -0.2) is 0 Å². The SMILES string of the molecule is COC(=O)CC(C)S(=O)CCc1ccccc1. The van der Waals surface area contributed by atoms with Crippen LogP contribution < -0.4 is 0 Å². The minimum absolute atomic E-state index is 0.147. The lowest BCUT2D eigenvalue weighted by Crippen LogP contribution is -2.19. The fourth-order valence-electron chi connectivity index (χ4n) is 1.48. The van der Waals surface area contributed by atoms with Crippen LogP contribution in [0.25, 0.3) is 0 Å². The number of ether oxygens (including phenoxy) is 1. The van der Waals surface area contributed by atoms with E-state index in [0.29, 0.717) is 5.75 Å². The molecule has 0 heterocycles. The summed E-state index contributed by atoms with van der Waals surface area (Å²) < 4.78 is 16.4. The highest BCUT2D eigenvalue weighted by molar-refractivity contribution is 7.85. The molecule has 2 unspecified atom stereocenters. The van der Waals surface area contributed by atoms with Gasteiger partial charge in [-0.15, -0.1) is 0 Å². The third-order valence-corrected chi connectivity index (χ3v) is 4.24. The highest BCUT2D eigenvalue weighted by Gasteiger charge is 2.15. The van der Waals surface area contributed by atoms with Gasteiger partial charge in [0, 0.05) is 21.8 Å². The second kappa shape index (κ2) is 7.22. The van der Waals surface area contributed by atoms with E-state index >= 15 is 0 Å². The van der Waals surface area contributed by atoms with Gasteiger partial charge in [-0.3, -0.25) is 9.00 Å². The van der Waals surface area contributed by atoms with Crippen molar-refractivity contribution in [1.82, 2.24) is 0 Å². The Morgan fingerprint density at radius 1 is 1.35 bits per heavy atom. The Morgan fingerprint density at radius 3 is 2.59 bits per heavy atom. The zero-order chi connectivity index (χ0) is 12.7. The summed E-state index contributed by atoms with van der Waals surface area (Å²) in [7, 11) is 0.361. The highest BCUT2D eigenvalue weighted by atomic mass is 32.2. The van der Waals surface area contributed by atoms with Crippen LogP contribution in [-0.2, 0) is 26.8 Å². The van der Waals surface area contributed by atoms with Crippen LogP contribution in [0.4, 0.5) is 0 Å². The first-order chi connectivity index (χ1) is 8.13. The van der Waals surface area contributed by atoms with E-state index in [4.69, 9.17) is 0 Å². The summed E-state index contributed by atoms with van der Waals surface area (Å²) in [6.07, 6.45) is 0.997. The smallest absolute Gasteiger partial charge is 0.306 e. The van der Waals surface area contributed by atoms with Crippen molar-refractivity contribution in [1.29, 1.82) is 0 Å². The fraction of sp³-hybridized carbons (Fsp3) is 0.462. The van der Waals surface area contributed by atoms with Gasteiger partial charge in [-0.1, -0.05) is 37.3 Å². The first-order valence-corrected chi connectivity index (χ1v) is 6.99. The van der Waals surface area contributed by atoms with Gasteiger partial charge in [-0.05, 0) is 12.0 Å². The molecule has 1 aromatic rings.